The maximum Gasteiger partial charge on any atom is 0.0303 e. The Morgan fingerprint density at radius 1 is 1.06 bits per heavy atom. The van der Waals surface area contributed by atoms with Crippen LogP contribution in [-0.2, 0) is 19.5 Å². The Balaban J connectivity index is 1.72. The number of hydrogen-bond acceptors (Lipinski definition) is 2. The Kier molecular flexibility index (Phi) is 2.88. The lowest BCUT2D eigenvalue weighted by Gasteiger charge is -2.28. The third-order valence-corrected chi connectivity index (χ3v) is 3.34. The van der Waals surface area contributed by atoms with E-state index in [1.165, 1.54) is 16.7 Å². The Bertz CT molecular complexity index is 493. The smallest absolute Gasteiger partial charge is 0.0303 e. The zero-order valence-corrected chi connectivity index (χ0v) is 9.84. The largest absolute Gasteiger partial charge is 0.294 e. The first-order valence-corrected chi connectivity index (χ1v) is 6.10. The van der Waals surface area contributed by atoms with Crippen molar-refractivity contribution in [1.29, 1.82) is 0 Å². The second-order valence-corrected chi connectivity index (χ2v) is 4.59. The molecule has 1 aliphatic heterocycles. The average molecular weight is 224 g/mol. The van der Waals surface area contributed by atoms with E-state index in [2.05, 4.69) is 46.3 Å². The van der Waals surface area contributed by atoms with Crippen LogP contribution in [0.4, 0.5) is 0 Å². The van der Waals surface area contributed by atoms with E-state index in [1.54, 1.807) is 0 Å². The van der Waals surface area contributed by atoms with E-state index in [1.807, 2.05) is 12.4 Å². The van der Waals surface area contributed by atoms with E-state index in [0.717, 1.165) is 26.1 Å². The lowest BCUT2D eigenvalue weighted by Crippen LogP contribution is -2.30. The molecule has 2 heteroatoms. The zero-order chi connectivity index (χ0) is 11.5. The molecule has 2 heterocycles. The van der Waals surface area contributed by atoms with Crippen molar-refractivity contribution in [1.82, 2.24) is 9.88 Å². The van der Waals surface area contributed by atoms with E-state index >= 15 is 0 Å². The second kappa shape index (κ2) is 4.68. The molecule has 2 nitrogen and oxygen atoms in total. The molecule has 0 radical (unpaired) electrons. The molecular formula is C15H16N2. The van der Waals surface area contributed by atoms with Crippen molar-refractivity contribution in [3.05, 3.63) is 65.5 Å². The van der Waals surface area contributed by atoms with Gasteiger partial charge in [-0.3, -0.25) is 9.88 Å². The highest BCUT2D eigenvalue weighted by Gasteiger charge is 2.15. The van der Waals surface area contributed by atoms with E-state index in [-0.39, 0.29) is 0 Å². The first-order chi connectivity index (χ1) is 8.42. The van der Waals surface area contributed by atoms with Crippen LogP contribution in [-0.4, -0.2) is 16.4 Å². The van der Waals surface area contributed by atoms with Crippen molar-refractivity contribution >= 4 is 0 Å². The highest BCUT2D eigenvalue weighted by molar-refractivity contribution is 5.26. The molecule has 3 rings (SSSR count). The monoisotopic (exact) mass is 224 g/mol. The van der Waals surface area contributed by atoms with Gasteiger partial charge in [-0.25, -0.2) is 0 Å². The zero-order valence-electron chi connectivity index (χ0n) is 9.84. The molecule has 0 amide bonds. The van der Waals surface area contributed by atoms with Crippen LogP contribution in [0.3, 0.4) is 0 Å². The van der Waals surface area contributed by atoms with Crippen molar-refractivity contribution in [3.63, 3.8) is 0 Å². The van der Waals surface area contributed by atoms with Crippen molar-refractivity contribution in [2.45, 2.75) is 19.5 Å². The minimum Gasteiger partial charge on any atom is -0.294 e. The fourth-order valence-electron chi connectivity index (χ4n) is 2.41. The molecule has 17 heavy (non-hydrogen) atoms. The number of rotatable bonds is 2. The lowest BCUT2D eigenvalue weighted by atomic mass is 10.0. The van der Waals surface area contributed by atoms with Gasteiger partial charge >= 0.3 is 0 Å². The normalized spacial score (nSPS) is 15.5. The van der Waals surface area contributed by atoms with E-state index in [4.69, 9.17) is 0 Å². The van der Waals surface area contributed by atoms with Gasteiger partial charge in [-0.2, -0.15) is 0 Å². The quantitative estimate of drug-likeness (QED) is 0.779. The second-order valence-electron chi connectivity index (χ2n) is 4.59. The molecule has 0 aliphatic carbocycles. The summed E-state index contributed by atoms with van der Waals surface area (Å²) in [5, 5.41) is 0. The minimum absolute atomic E-state index is 1.04. The van der Waals surface area contributed by atoms with Gasteiger partial charge in [-0.05, 0) is 29.2 Å². The molecule has 86 valence electrons. The Labute approximate surface area is 102 Å². The van der Waals surface area contributed by atoms with Gasteiger partial charge in [0, 0.05) is 32.0 Å². The third kappa shape index (κ3) is 2.37. The van der Waals surface area contributed by atoms with Crippen LogP contribution in [0.15, 0.2) is 48.8 Å². The maximum atomic E-state index is 4.19. The Morgan fingerprint density at radius 2 is 1.94 bits per heavy atom. The van der Waals surface area contributed by atoms with Gasteiger partial charge in [-0.15, -0.1) is 0 Å². The summed E-state index contributed by atoms with van der Waals surface area (Å²) in [6.07, 6.45) is 5.02. The van der Waals surface area contributed by atoms with E-state index in [0.29, 0.717) is 0 Å². The summed E-state index contributed by atoms with van der Waals surface area (Å²) in [4.78, 5) is 6.69. The lowest BCUT2D eigenvalue weighted by molar-refractivity contribution is 0.245. The van der Waals surface area contributed by atoms with Gasteiger partial charge in [0.1, 0.15) is 0 Å². The van der Waals surface area contributed by atoms with Crippen LogP contribution < -0.4 is 0 Å². The van der Waals surface area contributed by atoms with Gasteiger partial charge in [-0.1, -0.05) is 30.3 Å². The first kappa shape index (κ1) is 10.5. The molecule has 0 bridgehead atoms. The topological polar surface area (TPSA) is 16.1 Å². The maximum absolute atomic E-state index is 4.19. The predicted octanol–water partition coefficient (Wildman–Crippen LogP) is 2.64. The van der Waals surface area contributed by atoms with Gasteiger partial charge in [0.05, 0.1) is 0 Å². The molecule has 1 aromatic carbocycles. The van der Waals surface area contributed by atoms with Gasteiger partial charge in [0.25, 0.3) is 0 Å². The first-order valence-electron chi connectivity index (χ1n) is 6.10. The average Bonchev–Trinajstić information content (AvgIpc) is 2.40. The highest BCUT2D eigenvalue weighted by atomic mass is 15.1. The molecule has 0 fully saturated rings. The SMILES string of the molecule is c1ccc(CN2CCc3cnccc3C2)cc1. The van der Waals surface area contributed by atoms with Gasteiger partial charge < -0.3 is 0 Å². The fraction of sp³-hybridized carbons (Fsp3) is 0.267. The van der Waals surface area contributed by atoms with E-state index in [9.17, 15) is 0 Å². The molecular weight excluding hydrogens is 208 g/mol. The molecule has 0 saturated carbocycles. The minimum atomic E-state index is 1.04. The summed E-state index contributed by atoms with van der Waals surface area (Å²) >= 11 is 0. The van der Waals surface area contributed by atoms with Gasteiger partial charge in [0.15, 0.2) is 0 Å². The van der Waals surface area contributed by atoms with Crippen LogP contribution in [0.2, 0.25) is 0 Å². The number of benzene rings is 1. The highest BCUT2D eigenvalue weighted by Crippen LogP contribution is 2.19. The molecule has 0 atom stereocenters. The predicted molar refractivity (Wildman–Crippen MR) is 68.5 cm³/mol. The summed E-state index contributed by atoms with van der Waals surface area (Å²) in [6.45, 7) is 3.23. The number of nitrogens with zero attached hydrogens (tertiary/aromatic N) is 2. The van der Waals surface area contributed by atoms with Crippen LogP contribution in [0.5, 0.6) is 0 Å². The summed E-state index contributed by atoms with van der Waals surface area (Å²) in [5.41, 5.74) is 4.24. The van der Waals surface area contributed by atoms with Crippen molar-refractivity contribution in [3.8, 4) is 0 Å². The number of hydrogen-bond donors (Lipinski definition) is 0. The molecule has 0 unspecified atom stereocenters. The molecule has 0 spiro atoms. The fourth-order valence-corrected chi connectivity index (χ4v) is 2.41. The van der Waals surface area contributed by atoms with Crippen LogP contribution >= 0.6 is 0 Å². The van der Waals surface area contributed by atoms with Crippen LogP contribution in [0.1, 0.15) is 16.7 Å². The molecule has 1 aromatic heterocycles. The third-order valence-electron chi connectivity index (χ3n) is 3.34. The molecule has 1 aliphatic rings. The van der Waals surface area contributed by atoms with Crippen molar-refractivity contribution < 1.29 is 0 Å². The Hall–Kier alpha value is -1.67. The molecule has 0 N–H and O–H groups in total. The summed E-state index contributed by atoms with van der Waals surface area (Å²) in [5.74, 6) is 0. The molecule has 2 aromatic rings. The number of fused-ring (bicyclic) bond motifs is 1. The van der Waals surface area contributed by atoms with E-state index < -0.39 is 0 Å². The Morgan fingerprint density at radius 3 is 2.82 bits per heavy atom. The van der Waals surface area contributed by atoms with Crippen LogP contribution in [0, 0.1) is 0 Å². The van der Waals surface area contributed by atoms with Gasteiger partial charge in [0.2, 0.25) is 0 Å². The van der Waals surface area contributed by atoms with Crippen molar-refractivity contribution in [2.24, 2.45) is 0 Å². The summed E-state index contributed by atoms with van der Waals surface area (Å²) in [6, 6.07) is 12.8. The van der Waals surface area contributed by atoms with Crippen LogP contribution in [0.25, 0.3) is 0 Å². The van der Waals surface area contributed by atoms with Crippen molar-refractivity contribution in [2.75, 3.05) is 6.54 Å². The number of aromatic nitrogens is 1. The summed E-state index contributed by atoms with van der Waals surface area (Å²) in [7, 11) is 0. The summed E-state index contributed by atoms with van der Waals surface area (Å²) < 4.78 is 0. The molecule has 0 saturated heterocycles. The standard InChI is InChI=1S/C15H16N2/c1-2-4-13(5-3-1)11-17-9-7-14-10-16-8-6-15(14)12-17/h1-6,8,10H,7,9,11-12H2. The number of pyridine rings is 1.